The lowest BCUT2D eigenvalue weighted by Gasteiger charge is -2.33. The monoisotopic (exact) mass is 1380 g/mol. The molecule has 0 atom stereocenters. The van der Waals surface area contributed by atoms with Gasteiger partial charge in [0.15, 0.2) is 13.2 Å². The highest BCUT2D eigenvalue weighted by Crippen LogP contribution is 2.25. The summed E-state index contributed by atoms with van der Waals surface area (Å²) in [4.78, 5) is 104. The van der Waals surface area contributed by atoms with Crippen LogP contribution in [0.5, 0.6) is 23.5 Å². The molecule has 2 aromatic heterocycles. The number of aromatic nitrogens is 6. The number of aliphatic carboxylic acids is 1. The lowest BCUT2D eigenvalue weighted by molar-refractivity contribution is -0.156. The van der Waals surface area contributed by atoms with E-state index in [1.54, 1.807) is 111 Å². The van der Waals surface area contributed by atoms with Crippen molar-refractivity contribution in [1.29, 1.82) is 0 Å². The second-order valence-electron chi connectivity index (χ2n) is 24.6. The van der Waals surface area contributed by atoms with Gasteiger partial charge in [0, 0.05) is 82.0 Å². The van der Waals surface area contributed by atoms with Crippen LogP contribution < -0.4 is 45.5 Å². The molecule has 0 saturated heterocycles. The van der Waals surface area contributed by atoms with Crippen molar-refractivity contribution >= 4 is 53.1 Å². The molecular formula is C68H70F7N13O11. The van der Waals surface area contributed by atoms with Crippen LogP contribution in [0, 0.1) is 16.6 Å². The summed E-state index contributed by atoms with van der Waals surface area (Å²) in [5.74, 6) is -4.53. The molecule has 0 radical (unpaired) electrons. The number of carbonyl (C=O) groups excluding carboxylic acids is 5. The molecule has 5 amide bonds. The molecule has 6 N–H and O–H groups in total. The Bertz CT molecular complexity index is 4030. The molecule has 15 rings (SSSR count). The first-order chi connectivity index (χ1) is 46.8. The van der Waals surface area contributed by atoms with Crippen molar-refractivity contribution < 1.29 is 83.6 Å². The highest BCUT2D eigenvalue weighted by Gasteiger charge is 2.34. The Balaban J connectivity index is 0.000000255. The highest BCUT2D eigenvalue weighted by atomic mass is 19.4. The number of carboxylic acids is 1. The third kappa shape index (κ3) is 24.1. The number of ether oxygens (including phenoxy) is 4. The summed E-state index contributed by atoms with van der Waals surface area (Å²) in [5.41, 5.74) is 3.24. The van der Waals surface area contributed by atoms with Gasteiger partial charge >= 0.3 is 48.1 Å². The standard InChI is InChI=1S/C37H37F4N7O5.C31H33F3N6O6/c1-23-18-48(33(51)32(50)44-28-12-10-27(38)11-13-28)21-36(2,3)20-43-31(49)26-8-4-24(5-9-26)16-30-45-34(47-35(46-30)53-22-37(39,40)41)42-17-25-6-14-29(15-7-25)52-19-23;1-19-14-40(26(42)27(43)44)17-30(2,3)16-36-25(41)22-8-4-20(5-9-22)12-24-37-28(39-29(38-24)46-18-31(32,33)34)35-13-21-6-10-23(11-7-21)45-15-19/h4-15H,1,16-22H2,2-3H3,(H,43,49)(H,44,50)(H,42,45,46,47);4-11H,1,12-18H2,2-3H3,(H,36,41)(H,43,44)(H,35,37,38,39). The van der Waals surface area contributed by atoms with Crippen LogP contribution in [0.1, 0.15) is 82.3 Å². The maximum atomic E-state index is 13.5. The van der Waals surface area contributed by atoms with E-state index in [9.17, 15) is 64.6 Å². The molecule has 10 heterocycles. The van der Waals surface area contributed by atoms with Gasteiger partial charge in [0.1, 0.15) is 42.2 Å². The zero-order valence-electron chi connectivity index (χ0n) is 54.1. The molecule has 0 fully saturated rings. The van der Waals surface area contributed by atoms with Gasteiger partial charge in [-0.15, -0.1) is 0 Å². The molecular weight excluding hydrogens is 1310 g/mol. The van der Waals surface area contributed by atoms with Crippen molar-refractivity contribution in [3.05, 3.63) is 196 Å². The number of rotatable bonds is 5. The van der Waals surface area contributed by atoms with Crippen molar-refractivity contribution in [3.8, 4) is 23.5 Å². The molecule has 8 aliphatic rings. The van der Waals surface area contributed by atoms with Gasteiger partial charge in [-0.2, -0.15) is 56.2 Å². The van der Waals surface area contributed by atoms with Crippen LogP contribution in [0.3, 0.4) is 0 Å². The number of halogens is 7. The number of hydrogen-bond donors (Lipinski definition) is 6. The number of alkyl halides is 6. The fraction of sp³-hybridized carbons (Fsp3) is 0.324. The largest absolute Gasteiger partial charge is 0.489 e. The quantitative estimate of drug-likeness (QED) is 0.0532. The number of amides is 5. The molecule has 7 aromatic rings. The van der Waals surface area contributed by atoms with Gasteiger partial charge in [-0.3, -0.25) is 24.0 Å². The average Bonchev–Trinajstić information content (AvgIpc) is 0.987. The van der Waals surface area contributed by atoms with Gasteiger partial charge in [0.05, 0.1) is 0 Å². The first-order valence-electron chi connectivity index (χ1n) is 30.5. The minimum Gasteiger partial charge on any atom is -0.489 e. The summed E-state index contributed by atoms with van der Waals surface area (Å²) in [6.45, 7) is 12.7. The number of carboxylic acid groups (broad SMARTS) is 1. The average molecular weight is 1380 g/mol. The Kier molecular flexibility index (Phi) is 24.3. The Morgan fingerprint density at radius 1 is 0.545 bits per heavy atom. The third-order valence-electron chi connectivity index (χ3n) is 14.4. The number of nitrogens with one attached hydrogen (secondary N) is 5. The molecule has 8 aliphatic heterocycles. The summed E-state index contributed by atoms with van der Waals surface area (Å²) < 4.78 is 112. The molecule has 12 bridgehead atoms. The Hall–Kier alpha value is -11.3. The predicted molar refractivity (Wildman–Crippen MR) is 346 cm³/mol. The molecule has 24 nitrogen and oxygen atoms in total. The van der Waals surface area contributed by atoms with E-state index >= 15 is 0 Å². The minimum atomic E-state index is -4.60. The summed E-state index contributed by atoms with van der Waals surface area (Å²) in [7, 11) is 0. The summed E-state index contributed by atoms with van der Waals surface area (Å²) in [5, 5.41) is 23.5. The lowest BCUT2D eigenvalue weighted by atomic mass is 9.92. The SMILES string of the molecule is C=C1COc2ccc(cc2)CNc2nc(nc(OCC(F)(F)F)n2)Cc2ccc(cc2)C(=O)NCC(C)(C)CN(C(=O)C(=O)Nc2ccc(F)cc2)C1.C=C1COc2ccc(cc2)CNc2nc(nc(OCC(F)(F)F)n2)Cc2ccc(cc2)C(=O)NCC(C)(C)CN(C(=O)C(=O)O)C1. The summed E-state index contributed by atoms with van der Waals surface area (Å²) in [6, 6.07) is 30.8. The number of carbonyl (C=O) groups is 6. The molecule has 0 spiro atoms. The van der Waals surface area contributed by atoms with Crippen molar-refractivity contribution in [3.63, 3.8) is 0 Å². The normalized spacial score (nSPS) is 15.7. The predicted octanol–water partition coefficient (Wildman–Crippen LogP) is 8.96. The fourth-order valence-corrected chi connectivity index (χ4v) is 9.60. The van der Waals surface area contributed by atoms with E-state index in [1.807, 2.05) is 13.8 Å². The van der Waals surface area contributed by atoms with E-state index in [1.165, 1.54) is 17.0 Å². The molecule has 99 heavy (non-hydrogen) atoms. The van der Waals surface area contributed by atoms with Crippen molar-refractivity contribution in [2.24, 2.45) is 10.8 Å². The van der Waals surface area contributed by atoms with E-state index < -0.39 is 89.7 Å². The van der Waals surface area contributed by atoms with Crippen molar-refractivity contribution in [2.45, 2.75) is 66.0 Å². The van der Waals surface area contributed by atoms with Crippen LogP contribution in [0.2, 0.25) is 0 Å². The number of anilines is 3. The number of hydrogen-bond acceptors (Lipinski definition) is 18. The van der Waals surface area contributed by atoms with E-state index in [-0.39, 0.29) is 108 Å². The van der Waals surface area contributed by atoms with Gasteiger partial charge < -0.3 is 60.4 Å². The van der Waals surface area contributed by atoms with Crippen LogP contribution in [0.4, 0.5) is 48.3 Å². The molecule has 0 unspecified atom stereocenters. The van der Waals surface area contributed by atoms with Crippen LogP contribution in [-0.4, -0.2) is 158 Å². The van der Waals surface area contributed by atoms with Gasteiger partial charge in [-0.05, 0) is 117 Å². The van der Waals surface area contributed by atoms with Crippen LogP contribution in [-0.2, 0) is 45.1 Å². The van der Waals surface area contributed by atoms with Crippen molar-refractivity contribution in [2.75, 3.05) is 81.6 Å². The van der Waals surface area contributed by atoms with E-state index in [0.29, 0.717) is 44.9 Å². The topological polar surface area (TPSA) is 304 Å². The Morgan fingerprint density at radius 3 is 1.31 bits per heavy atom. The first-order valence-corrected chi connectivity index (χ1v) is 30.5. The second-order valence-corrected chi connectivity index (χ2v) is 24.6. The number of nitrogens with zero attached hydrogens (tertiary/aromatic N) is 8. The maximum Gasteiger partial charge on any atom is 0.422 e. The minimum absolute atomic E-state index is 0.00215. The zero-order chi connectivity index (χ0) is 71.7. The third-order valence-corrected chi connectivity index (χ3v) is 14.4. The van der Waals surface area contributed by atoms with E-state index in [4.69, 9.17) is 18.9 Å². The second kappa shape index (κ2) is 32.6. The molecule has 31 heteroatoms. The molecule has 5 aromatic carbocycles. The molecule has 0 saturated carbocycles. The Labute approximate surface area is 563 Å². The van der Waals surface area contributed by atoms with Crippen LogP contribution in [0.15, 0.2) is 146 Å². The van der Waals surface area contributed by atoms with Gasteiger partial charge in [-0.25, -0.2) is 9.18 Å². The molecule has 522 valence electrons. The van der Waals surface area contributed by atoms with Gasteiger partial charge in [0.2, 0.25) is 11.9 Å². The van der Waals surface area contributed by atoms with Crippen LogP contribution >= 0.6 is 0 Å². The number of benzene rings is 5. The van der Waals surface area contributed by atoms with E-state index in [2.05, 4.69) is 69.6 Å². The van der Waals surface area contributed by atoms with Gasteiger partial charge in [0.25, 0.3) is 11.8 Å². The first kappa shape index (κ1) is 73.5. The summed E-state index contributed by atoms with van der Waals surface area (Å²) in [6.07, 6.45) is -8.97. The maximum absolute atomic E-state index is 13.5. The van der Waals surface area contributed by atoms with Gasteiger partial charge in [-0.1, -0.05) is 89.4 Å². The summed E-state index contributed by atoms with van der Waals surface area (Å²) >= 11 is 0. The van der Waals surface area contributed by atoms with Crippen molar-refractivity contribution in [1.82, 2.24) is 50.3 Å². The Morgan fingerprint density at radius 2 is 0.929 bits per heavy atom. The molecule has 0 aliphatic carbocycles. The lowest BCUT2D eigenvalue weighted by Crippen LogP contribution is -2.48. The zero-order valence-corrected chi connectivity index (χ0v) is 54.1. The van der Waals surface area contributed by atoms with Crippen LogP contribution in [0.25, 0.3) is 0 Å². The fourth-order valence-electron chi connectivity index (χ4n) is 9.60. The van der Waals surface area contributed by atoms with E-state index in [0.717, 1.165) is 28.2 Å². The smallest absolute Gasteiger partial charge is 0.422 e. The highest BCUT2D eigenvalue weighted by molar-refractivity contribution is 6.39.